The molecule has 31 heavy (non-hydrogen) atoms. The van der Waals surface area contributed by atoms with Crippen LogP contribution in [0.15, 0.2) is 71.6 Å². The number of hydrogen-bond donors (Lipinski definition) is 3. The standard InChI is InChI=1S/C24H23FN2O3S/c1-24(2)14-16-12-15(23(28)29)10-11-20(16)26-22(24)19-8-3-4-9-21(19)27-31(30)18-7-5-6-17(25)13-18/h3-13,22,26-27H,14H2,1-2H3,(H,28,29). The maximum absolute atomic E-state index is 13.5. The molecular formula is C24H23FN2O3S. The third-order valence-electron chi connectivity index (χ3n) is 5.56. The van der Waals surface area contributed by atoms with Crippen LogP contribution >= 0.6 is 0 Å². The van der Waals surface area contributed by atoms with E-state index in [1.807, 2.05) is 24.3 Å². The molecule has 1 heterocycles. The average molecular weight is 439 g/mol. The van der Waals surface area contributed by atoms with Crippen molar-refractivity contribution in [2.24, 2.45) is 5.41 Å². The van der Waals surface area contributed by atoms with Crippen molar-refractivity contribution in [3.05, 3.63) is 89.2 Å². The van der Waals surface area contributed by atoms with E-state index in [1.54, 1.807) is 24.3 Å². The maximum atomic E-state index is 13.5. The summed E-state index contributed by atoms with van der Waals surface area (Å²) in [6, 6.07) is 18.3. The van der Waals surface area contributed by atoms with Gasteiger partial charge in [-0.15, -0.1) is 0 Å². The van der Waals surface area contributed by atoms with Crippen LogP contribution in [-0.4, -0.2) is 15.3 Å². The van der Waals surface area contributed by atoms with E-state index >= 15 is 0 Å². The highest BCUT2D eigenvalue weighted by Gasteiger charge is 2.37. The quantitative estimate of drug-likeness (QED) is 0.499. The first-order valence-corrected chi connectivity index (χ1v) is 11.1. The van der Waals surface area contributed by atoms with Crippen molar-refractivity contribution < 1.29 is 18.5 Å². The van der Waals surface area contributed by atoms with Crippen LogP contribution in [0.25, 0.3) is 0 Å². The van der Waals surface area contributed by atoms with Crippen molar-refractivity contribution >= 4 is 28.3 Å². The summed E-state index contributed by atoms with van der Waals surface area (Å²) in [4.78, 5) is 11.7. The van der Waals surface area contributed by atoms with Gasteiger partial charge in [-0.25, -0.2) is 13.4 Å². The zero-order valence-electron chi connectivity index (χ0n) is 17.2. The fraction of sp³-hybridized carbons (Fsp3) is 0.208. The minimum Gasteiger partial charge on any atom is -0.478 e. The first-order chi connectivity index (χ1) is 14.7. The third-order valence-corrected chi connectivity index (χ3v) is 6.65. The van der Waals surface area contributed by atoms with Gasteiger partial charge < -0.3 is 15.1 Å². The lowest BCUT2D eigenvalue weighted by atomic mass is 9.72. The fourth-order valence-corrected chi connectivity index (χ4v) is 4.96. The van der Waals surface area contributed by atoms with Crippen LogP contribution < -0.4 is 10.0 Å². The zero-order valence-corrected chi connectivity index (χ0v) is 18.0. The number of benzene rings is 3. The Balaban J connectivity index is 1.67. The van der Waals surface area contributed by atoms with Gasteiger partial charge in [-0.05, 0) is 65.4 Å². The van der Waals surface area contributed by atoms with Gasteiger partial charge in [0, 0.05) is 5.69 Å². The monoisotopic (exact) mass is 438 g/mol. The molecule has 0 fully saturated rings. The molecule has 1 aliphatic heterocycles. The number of nitrogens with one attached hydrogen (secondary N) is 2. The van der Waals surface area contributed by atoms with E-state index < -0.39 is 22.8 Å². The van der Waals surface area contributed by atoms with Crippen LogP contribution in [0.5, 0.6) is 0 Å². The molecule has 3 aromatic carbocycles. The molecule has 0 aliphatic carbocycles. The first-order valence-electron chi connectivity index (χ1n) is 9.90. The topological polar surface area (TPSA) is 78.4 Å². The minimum absolute atomic E-state index is 0.108. The summed E-state index contributed by atoms with van der Waals surface area (Å²) < 4.78 is 29.4. The molecule has 0 bridgehead atoms. The number of hydrogen-bond acceptors (Lipinski definition) is 3. The highest BCUT2D eigenvalue weighted by atomic mass is 32.2. The summed E-state index contributed by atoms with van der Waals surface area (Å²) >= 11 is 0. The van der Waals surface area contributed by atoms with Crippen LogP contribution in [0.3, 0.4) is 0 Å². The third kappa shape index (κ3) is 4.32. The van der Waals surface area contributed by atoms with Crippen molar-refractivity contribution in [3.63, 3.8) is 0 Å². The Kier molecular flexibility index (Phi) is 5.54. The SMILES string of the molecule is CC1(C)Cc2cc(C(=O)O)ccc2NC1c1ccccc1NS(=O)c1cccc(F)c1. The van der Waals surface area contributed by atoms with Gasteiger partial charge in [-0.1, -0.05) is 38.1 Å². The Morgan fingerprint density at radius 3 is 2.65 bits per heavy atom. The second kappa shape index (κ2) is 8.15. The fourth-order valence-electron chi connectivity index (χ4n) is 4.04. The van der Waals surface area contributed by atoms with E-state index in [4.69, 9.17) is 0 Å². The molecule has 0 saturated heterocycles. The van der Waals surface area contributed by atoms with Crippen molar-refractivity contribution in [1.29, 1.82) is 0 Å². The first kappa shape index (κ1) is 21.1. The second-order valence-corrected chi connectivity index (χ2v) is 9.55. The van der Waals surface area contributed by atoms with E-state index in [-0.39, 0.29) is 17.0 Å². The molecule has 2 unspecified atom stereocenters. The molecule has 0 radical (unpaired) electrons. The normalized spacial score (nSPS) is 17.8. The molecule has 3 aromatic rings. The van der Waals surface area contributed by atoms with E-state index in [0.717, 1.165) is 16.8 Å². The number of anilines is 2. The molecule has 0 saturated carbocycles. The van der Waals surface area contributed by atoms with Gasteiger partial charge >= 0.3 is 5.97 Å². The van der Waals surface area contributed by atoms with Crippen molar-refractivity contribution in [1.82, 2.24) is 0 Å². The molecule has 0 aromatic heterocycles. The number of aromatic carboxylic acids is 1. The van der Waals surface area contributed by atoms with Gasteiger partial charge in [0.15, 0.2) is 0 Å². The van der Waals surface area contributed by atoms with Crippen LogP contribution in [0, 0.1) is 11.2 Å². The van der Waals surface area contributed by atoms with Gasteiger partial charge in [0.2, 0.25) is 0 Å². The largest absolute Gasteiger partial charge is 0.478 e. The molecule has 3 N–H and O–H groups in total. The van der Waals surface area contributed by atoms with Crippen molar-refractivity contribution in [2.75, 3.05) is 10.0 Å². The molecule has 1 aliphatic rings. The van der Waals surface area contributed by atoms with Gasteiger partial charge in [0.1, 0.15) is 16.8 Å². The highest BCUT2D eigenvalue weighted by Crippen LogP contribution is 2.46. The second-order valence-electron chi connectivity index (χ2n) is 8.34. The number of carbonyl (C=O) groups is 1. The molecule has 4 rings (SSSR count). The lowest BCUT2D eigenvalue weighted by Crippen LogP contribution is -2.35. The molecule has 0 amide bonds. The summed E-state index contributed by atoms with van der Waals surface area (Å²) in [7, 11) is -1.62. The zero-order chi connectivity index (χ0) is 22.2. The summed E-state index contributed by atoms with van der Waals surface area (Å²) in [5, 5.41) is 12.8. The van der Waals surface area contributed by atoms with Crippen molar-refractivity contribution in [2.45, 2.75) is 31.2 Å². The van der Waals surface area contributed by atoms with Crippen LogP contribution in [0.2, 0.25) is 0 Å². The van der Waals surface area contributed by atoms with E-state index in [2.05, 4.69) is 23.9 Å². The molecular weight excluding hydrogens is 415 g/mol. The highest BCUT2D eigenvalue weighted by molar-refractivity contribution is 7.86. The molecule has 2 atom stereocenters. The lowest BCUT2D eigenvalue weighted by Gasteiger charge is -2.42. The Bertz CT molecular complexity index is 1180. The Morgan fingerprint density at radius 2 is 1.90 bits per heavy atom. The average Bonchev–Trinajstić information content (AvgIpc) is 2.72. The summed E-state index contributed by atoms with van der Waals surface area (Å²) in [6.07, 6.45) is 0.683. The Morgan fingerprint density at radius 1 is 1.13 bits per heavy atom. The van der Waals surface area contributed by atoms with E-state index in [9.17, 15) is 18.5 Å². The number of carboxylic acids is 1. The molecule has 0 spiro atoms. The molecule has 5 nitrogen and oxygen atoms in total. The van der Waals surface area contributed by atoms with Gasteiger partial charge in [-0.3, -0.25) is 0 Å². The number of carboxylic acid groups (broad SMARTS) is 1. The van der Waals surface area contributed by atoms with Gasteiger partial charge in [0.25, 0.3) is 0 Å². The minimum atomic E-state index is -1.62. The molecule has 7 heteroatoms. The maximum Gasteiger partial charge on any atom is 0.335 e. The lowest BCUT2D eigenvalue weighted by molar-refractivity contribution is 0.0696. The van der Waals surface area contributed by atoms with Gasteiger partial charge in [-0.2, -0.15) is 0 Å². The van der Waals surface area contributed by atoms with E-state index in [0.29, 0.717) is 17.0 Å². The molecule has 160 valence electrons. The van der Waals surface area contributed by atoms with Gasteiger partial charge in [0.05, 0.1) is 22.2 Å². The summed E-state index contributed by atoms with van der Waals surface area (Å²) in [5.41, 5.74) is 3.49. The predicted octanol–water partition coefficient (Wildman–Crippen LogP) is 5.39. The number of para-hydroxylation sites is 1. The predicted molar refractivity (Wildman–Crippen MR) is 120 cm³/mol. The smallest absolute Gasteiger partial charge is 0.335 e. The van der Waals surface area contributed by atoms with Crippen LogP contribution in [0.1, 0.15) is 41.4 Å². The Labute approximate surface area is 182 Å². The summed E-state index contributed by atoms with van der Waals surface area (Å²) in [5.74, 6) is -1.38. The summed E-state index contributed by atoms with van der Waals surface area (Å²) in [6.45, 7) is 4.22. The van der Waals surface area contributed by atoms with E-state index in [1.165, 1.54) is 18.2 Å². The Hall–Kier alpha value is -3.19. The van der Waals surface area contributed by atoms with Crippen LogP contribution in [0.4, 0.5) is 15.8 Å². The van der Waals surface area contributed by atoms with Crippen molar-refractivity contribution in [3.8, 4) is 0 Å². The number of fused-ring (bicyclic) bond motifs is 1. The van der Waals surface area contributed by atoms with Crippen LogP contribution in [-0.2, 0) is 17.4 Å². The number of halogens is 1. The number of rotatable bonds is 5.